The molecular formula is C8H11N3S. The lowest BCUT2D eigenvalue weighted by atomic mass is 10.4. The van der Waals surface area contributed by atoms with E-state index in [0.717, 1.165) is 11.6 Å². The summed E-state index contributed by atoms with van der Waals surface area (Å²) in [7, 11) is 0. The lowest BCUT2D eigenvalue weighted by Crippen LogP contribution is -2.21. The van der Waals surface area contributed by atoms with Gasteiger partial charge in [-0.2, -0.15) is 5.26 Å². The van der Waals surface area contributed by atoms with Gasteiger partial charge in [0, 0.05) is 12.6 Å². The van der Waals surface area contributed by atoms with E-state index in [1.165, 1.54) is 11.3 Å². The Kier molecular flexibility index (Phi) is 3.20. The first kappa shape index (κ1) is 9.17. The first-order valence-corrected chi connectivity index (χ1v) is 4.62. The fraction of sp³-hybridized carbons (Fsp3) is 0.500. The van der Waals surface area contributed by atoms with E-state index in [4.69, 9.17) is 5.26 Å². The summed E-state index contributed by atoms with van der Waals surface area (Å²) in [6, 6.07) is 2.52. The number of rotatable bonds is 3. The van der Waals surface area contributed by atoms with Crippen molar-refractivity contribution in [1.29, 1.82) is 5.26 Å². The number of hydrogen-bond acceptors (Lipinski definition) is 4. The second-order valence-corrected chi connectivity index (χ2v) is 3.88. The van der Waals surface area contributed by atoms with Crippen LogP contribution < -0.4 is 5.32 Å². The van der Waals surface area contributed by atoms with Crippen LogP contribution in [0.2, 0.25) is 0 Å². The molecule has 64 valence electrons. The minimum atomic E-state index is 0.458. The van der Waals surface area contributed by atoms with E-state index in [2.05, 4.69) is 30.2 Å². The van der Waals surface area contributed by atoms with Gasteiger partial charge in [0.2, 0.25) is 0 Å². The van der Waals surface area contributed by atoms with Crippen molar-refractivity contribution in [2.24, 2.45) is 0 Å². The van der Waals surface area contributed by atoms with E-state index >= 15 is 0 Å². The smallest absolute Gasteiger partial charge is 0.124 e. The zero-order valence-electron chi connectivity index (χ0n) is 7.16. The van der Waals surface area contributed by atoms with Crippen LogP contribution in [0.1, 0.15) is 23.7 Å². The molecule has 1 rings (SSSR count). The third-order valence-corrected chi connectivity index (χ3v) is 2.23. The van der Waals surface area contributed by atoms with Crippen LogP contribution in [0.25, 0.3) is 0 Å². The monoisotopic (exact) mass is 181 g/mol. The van der Waals surface area contributed by atoms with Crippen molar-refractivity contribution in [1.82, 2.24) is 10.3 Å². The Balaban J connectivity index is 2.48. The molecule has 1 aromatic rings. The first-order valence-electron chi connectivity index (χ1n) is 3.80. The molecule has 0 spiro atoms. The average Bonchev–Trinajstić information content (AvgIpc) is 2.48. The van der Waals surface area contributed by atoms with Crippen LogP contribution in [0.3, 0.4) is 0 Å². The highest BCUT2D eigenvalue weighted by molar-refractivity contribution is 7.12. The highest BCUT2D eigenvalue weighted by Gasteiger charge is 2.00. The Bertz CT molecular complexity index is 285. The van der Waals surface area contributed by atoms with Crippen LogP contribution in [0.15, 0.2) is 6.20 Å². The highest BCUT2D eigenvalue weighted by Crippen LogP contribution is 2.10. The van der Waals surface area contributed by atoms with E-state index in [9.17, 15) is 0 Å². The van der Waals surface area contributed by atoms with E-state index in [0.29, 0.717) is 10.9 Å². The molecule has 1 aromatic heterocycles. The van der Waals surface area contributed by atoms with Crippen molar-refractivity contribution in [3.05, 3.63) is 16.1 Å². The van der Waals surface area contributed by atoms with Crippen LogP contribution in [0.4, 0.5) is 0 Å². The summed E-state index contributed by atoms with van der Waals surface area (Å²) in [5.41, 5.74) is 0. The zero-order valence-corrected chi connectivity index (χ0v) is 7.98. The lowest BCUT2D eigenvalue weighted by molar-refractivity contribution is 0.587. The van der Waals surface area contributed by atoms with Crippen molar-refractivity contribution in [2.45, 2.75) is 26.4 Å². The normalized spacial score (nSPS) is 10.2. The molecule has 0 aliphatic carbocycles. The predicted molar refractivity (Wildman–Crippen MR) is 48.8 cm³/mol. The molecule has 0 unspecified atom stereocenters. The second-order valence-electron chi connectivity index (χ2n) is 2.77. The predicted octanol–water partition coefficient (Wildman–Crippen LogP) is 1.51. The average molecular weight is 181 g/mol. The standard InChI is InChI=1S/C8H11N3S/c1-6(2)10-5-8-11-4-7(3-9)12-8/h4,6,10H,5H2,1-2H3. The lowest BCUT2D eigenvalue weighted by Gasteiger charge is -2.03. The van der Waals surface area contributed by atoms with Crippen molar-refractivity contribution in [3.63, 3.8) is 0 Å². The molecule has 3 nitrogen and oxygen atoms in total. The number of aromatic nitrogens is 1. The van der Waals surface area contributed by atoms with Crippen molar-refractivity contribution < 1.29 is 0 Å². The fourth-order valence-corrected chi connectivity index (χ4v) is 1.40. The van der Waals surface area contributed by atoms with Gasteiger partial charge in [0.15, 0.2) is 0 Å². The summed E-state index contributed by atoms with van der Waals surface area (Å²) < 4.78 is 0. The highest BCUT2D eigenvalue weighted by atomic mass is 32.1. The van der Waals surface area contributed by atoms with Gasteiger partial charge in [-0.1, -0.05) is 13.8 Å². The second kappa shape index (κ2) is 4.19. The van der Waals surface area contributed by atoms with E-state index in [-0.39, 0.29) is 0 Å². The minimum absolute atomic E-state index is 0.458. The minimum Gasteiger partial charge on any atom is -0.308 e. The summed E-state index contributed by atoms with van der Waals surface area (Å²) in [6.07, 6.45) is 1.61. The van der Waals surface area contributed by atoms with Crippen LogP contribution in [-0.2, 0) is 6.54 Å². The molecule has 0 radical (unpaired) electrons. The summed E-state index contributed by atoms with van der Waals surface area (Å²) in [4.78, 5) is 4.77. The summed E-state index contributed by atoms with van der Waals surface area (Å²) in [5, 5.41) is 12.7. The molecule has 0 fully saturated rings. The van der Waals surface area contributed by atoms with Crippen molar-refractivity contribution in [2.75, 3.05) is 0 Å². The molecule has 0 bridgehead atoms. The summed E-state index contributed by atoms with van der Waals surface area (Å²) in [6.45, 7) is 4.92. The van der Waals surface area contributed by atoms with Gasteiger partial charge in [0.05, 0.1) is 6.20 Å². The van der Waals surface area contributed by atoms with Gasteiger partial charge < -0.3 is 5.32 Å². The van der Waals surface area contributed by atoms with Gasteiger partial charge in [-0.3, -0.25) is 0 Å². The molecule has 0 saturated carbocycles. The van der Waals surface area contributed by atoms with Crippen LogP contribution in [0.5, 0.6) is 0 Å². The summed E-state index contributed by atoms with van der Waals surface area (Å²) in [5.74, 6) is 0. The van der Waals surface area contributed by atoms with E-state index < -0.39 is 0 Å². The molecule has 0 saturated heterocycles. The van der Waals surface area contributed by atoms with Gasteiger partial charge in [-0.25, -0.2) is 4.98 Å². The quantitative estimate of drug-likeness (QED) is 0.769. The van der Waals surface area contributed by atoms with Gasteiger partial charge in [0.25, 0.3) is 0 Å². The Labute approximate surface area is 76.1 Å². The maximum absolute atomic E-state index is 8.53. The van der Waals surface area contributed by atoms with Crippen LogP contribution in [-0.4, -0.2) is 11.0 Å². The zero-order chi connectivity index (χ0) is 8.97. The van der Waals surface area contributed by atoms with E-state index in [1.807, 2.05) is 0 Å². The van der Waals surface area contributed by atoms with Crippen LogP contribution in [0, 0.1) is 11.3 Å². The maximum atomic E-state index is 8.53. The number of nitrogens with one attached hydrogen (secondary N) is 1. The van der Waals surface area contributed by atoms with Gasteiger partial charge in [0.1, 0.15) is 16.0 Å². The topological polar surface area (TPSA) is 48.7 Å². The molecule has 0 amide bonds. The SMILES string of the molecule is CC(C)NCc1ncc(C#N)s1. The number of nitrogens with zero attached hydrogens (tertiary/aromatic N) is 2. The van der Waals surface area contributed by atoms with Crippen molar-refractivity contribution in [3.8, 4) is 6.07 Å². The molecule has 1 N–H and O–H groups in total. The Hall–Kier alpha value is -0.920. The summed E-state index contributed by atoms with van der Waals surface area (Å²) >= 11 is 1.44. The van der Waals surface area contributed by atoms with Gasteiger partial charge in [-0.15, -0.1) is 11.3 Å². The number of nitriles is 1. The molecule has 12 heavy (non-hydrogen) atoms. The third kappa shape index (κ3) is 2.61. The van der Waals surface area contributed by atoms with E-state index in [1.54, 1.807) is 6.20 Å². The van der Waals surface area contributed by atoms with Crippen molar-refractivity contribution >= 4 is 11.3 Å². The number of hydrogen-bond donors (Lipinski definition) is 1. The molecule has 0 aliphatic rings. The Morgan fingerprint density at radius 1 is 1.75 bits per heavy atom. The first-order chi connectivity index (χ1) is 5.72. The third-order valence-electron chi connectivity index (χ3n) is 1.33. The van der Waals surface area contributed by atoms with Crippen LogP contribution >= 0.6 is 11.3 Å². The fourth-order valence-electron chi connectivity index (χ4n) is 0.735. The number of thiazole rings is 1. The Morgan fingerprint density at radius 3 is 3.00 bits per heavy atom. The van der Waals surface area contributed by atoms with Gasteiger partial charge >= 0.3 is 0 Å². The molecule has 0 aromatic carbocycles. The maximum Gasteiger partial charge on any atom is 0.124 e. The molecule has 4 heteroatoms. The molecule has 0 atom stereocenters. The molecular weight excluding hydrogens is 170 g/mol. The molecule has 0 aliphatic heterocycles. The van der Waals surface area contributed by atoms with Gasteiger partial charge in [-0.05, 0) is 0 Å². The largest absolute Gasteiger partial charge is 0.308 e. The molecule has 1 heterocycles. The Morgan fingerprint density at radius 2 is 2.50 bits per heavy atom.